The third-order valence-electron chi connectivity index (χ3n) is 6.64. The third-order valence-corrected chi connectivity index (χ3v) is 6.64. The van der Waals surface area contributed by atoms with E-state index in [4.69, 9.17) is 4.74 Å². The first-order chi connectivity index (χ1) is 11.1. The van der Waals surface area contributed by atoms with Gasteiger partial charge in [-0.1, -0.05) is 60.1 Å². The number of hydrogen-bond donors (Lipinski definition) is 0. The summed E-state index contributed by atoms with van der Waals surface area (Å²) in [5.74, 6) is 1.82. The van der Waals surface area contributed by atoms with Crippen LogP contribution in [0.3, 0.4) is 0 Å². The van der Waals surface area contributed by atoms with Crippen LogP contribution in [0.1, 0.15) is 106 Å². The molecule has 0 amide bonds. The molecule has 0 radical (unpaired) electrons. The molecule has 2 unspecified atom stereocenters. The number of ether oxygens (including phenoxy) is 1. The van der Waals surface area contributed by atoms with Crippen molar-refractivity contribution >= 4 is 0 Å². The van der Waals surface area contributed by atoms with E-state index in [9.17, 15) is 0 Å². The SMILES string of the molecule is C.C=C1CCC[C@@]2(CC[C@H](CC3OC3CC(CC)CC)C2)C1.CC. The fraction of sp³-hybridized carbons (Fsp3) is 0.913. The summed E-state index contributed by atoms with van der Waals surface area (Å²) in [5, 5.41) is 0. The minimum atomic E-state index is 0. The molecule has 0 N–H and O–H groups in total. The monoisotopic (exact) mass is 336 g/mol. The van der Waals surface area contributed by atoms with Crippen molar-refractivity contribution in [3.63, 3.8) is 0 Å². The van der Waals surface area contributed by atoms with Crippen LogP contribution in [0, 0.1) is 17.3 Å². The van der Waals surface area contributed by atoms with Crippen LogP contribution in [-0.4, -0.2) is 12.2 Å². The molecule has 1 heteroatoms. The molecular weight excluding hydrogens is 292 g/mol. The third kappa shape index (κ3) is 5.61. The molecule has 0 aromatic carbocycles. The molecule has 2 saturated carbocycles. The molecule has 1 aliphatic heterocycles. The van der Waals surface area contributed by atoms with Crippen LogP contribution in [0.5, 0.6) is 0 Å². The highest BCUT2D eigenvalue weighted by Gasteiger charge is 2.45. The summed E-state index contributed by atoms with van der Waals surface area (Å²) in [4.78, 5) is 0. The first-order valence-electron chi connectivity index (χ1n) is 10.5. The minimum absolute atomic E-state index is 0. The van der Waals surface area contributed by atoms with E-state index in [0.717, 1.165) is 11.8 Å². The van der Waals surface area contributed by atoms with Crippen molar-refractivity contribution in [2.75, 3.05) is 0 Å². The molecule has 1 heterocycles. The van der Waals surface area contributed by atoms with Gasteiger partial charge in [0.15, 0.2) is 0 Å². The molecule has 0 aromatic rings. The van der Waals surface area contributed by atoms with Gasteiger partial charge in [0, 0.05) is 0 Å². The quantitative estimate of drug-likeness (QED) is 0.360. The lowest BCUT2D eigenvalue weighted by atomic mass is 9.70. The van der Waals surface area contributed by atoms with Crippen molar-refractivity contribution < 1.29 is 4.74 Å². The summed E-state index contributed by atoms with van der Waals surface area (Å²) >= 11 is 0. The van der Waals surface area contributed by atoms with E-state index in [2.05, 4.69) is 20.4 Å². The Morgan fingerprint density at radius 3 is 2.50 bits per heavy atom. The molecule has 3 rings (SSSR count). The number of epoxide rings is 1. The van der Waals surface area contributed by atoms with Gasteiger partial charge in [-0.05, 0) is 75.0 Å². The Morgan fingerprint density at radius 1 is 1.17 bits per heavy atom. The average Bonchev–Trinajstić information content (AvgIpc) is 3.18. The Kier molecular flexibility index (Phi) is 9.06. The van der Waals surface area contributed by atoms with E-state index in [1.54, 1.807) is 0 Å². The van der Waals surface area contributed by atoms with E-state index < -0.39 is 0 Å². The summed E-state index contributed by atoms with van der Waals surface area (Å²) in [5.41, 5.74) is 2.18. The molecule has 4 atom stereocenters. The second kappa shape index (κ2) is 10.00. The van der Waals surface area contributed by atoms with Crippen molar-refractivity contribution in [3.05, 3.63) is 12.2 Å². The van der Waals surface area contributed by atoms with Gasteiger partial charge < -0.3 is 4.74 Å². The molecule has 3 fully saturated rings. The molecule has 24 heavy (non-hydrogen) atoms. The van der Waals surface area contributed by atoms with Crippen molar-refractivity contribution in [1.29, 1.82) is 0 Å². The Bertz CT molecular complexity index is 370. The average molecular weight is 337 g/mol. The minimum Gasteiger partial charge on any atom is -0.370 e. The molecule has 1 saturated heterocycles. The molecule has 0 aromatic heterocycles. The first-order valence-corrected chi connectivity index (χ1v) is 10.5. The molecule has 1 nitrogen and oxygen atoms in total. The Balaban J connectivity index is 0.000000925. The standard InChI is InChI=1S/C20H34O.C2H6.CH4/c1-4-16(5-2)11-18-19(21-18)12-17-8-10-20(14-17)9-6-7-15(3)13-20;1-2;/h16-19H,3-14H2,1-2H3;1-2H3;1H4/t17-,18?,19?,20-;;/m1../s1. The van der Waals surface area contributed by atoms with Gasteiger partial charge >= 0.3 is 0 Å². The second-order valence-corrected chi connectivity index (χ2v) is 8.26. The molecule has 2 aliphatic carbocycles. The summed E-state index contributed by atoms with van der Waals surface area (Å²) < 4.78 is 5.99. The van der Waals surface area contributed by atoms with Crippen LogP contribution in [0.15, 0.2) is 12.2 Å². The van der Waals surface area contributed by atoms with E-state index in [1.807, 2.05) is 13.8 Å². The fourth-order valence-corrected chi connectivity index (χ4v) is 5.21. The second-order valence-electron chi connectivity index (χ2n) is 8.26. The zero-order valence-corrected chi connectivity index (χ0v) is 16.2. The highest BCUT2D eigenvalue weighted by molar-refractivity contribution is 5.07. The summed E-state index contributed by atoms with van der Waals surface area (Å²) in [7, 11) is 0. The summed E-state index contributed by atoms with van der Waals surface area (Å²) in [6.45, 7) is 12.9. The first kappa shape index (κ1) is 21.7. The summed E-state index contributed by atoms with van der Waals surface area (Å²) in [6, 6.07) is 0. The Hall–Kier alpha value is -0.300. The normalized spacial score (nSPS) is 34.7. The molecule has 3 aliphatic rings. The van der Waals surface area contributed by atoms with Gasteiger partial charge in [0.25, 0.3) is 0 Å². The van der Waals surface area contributed by atoms with Crippen LogP contribution in [0.4, 0.5) is 0 Å². The lowest BCUT2D eigenvalue weighted by molar-refractivity contribution is 0.220. The van der Waals surface area contributed by atoms with Gasteiger partial charge in [0.2, 0.25) is 0 Å². The number of allylic oxidation sites excluding steroid dienone is 1. The highest BCUT2D eigenvalue weighted by Crippen LogP contribution is 2.54. The number of rotatable bonds is 6. The van der Waals surface area contributed by atoms with Gasteiger partial charge in [0.05, 0.1) is 12.2 Å². The van der Waals surface area contributed by atoms with E-state index in [0.29, 0.717) is 17.6 Å². The van der Waals surface area contributed by atoms with Crippen molar-refractivity contribution in [1.82, 2.24) is 0 Å². The molecule has 1 spiro atoms. The van der Waals surface area contributed by atoms with Gasteiger partial charge in [-0.25, -0.2) is 0 Å². The topological polar surface area (TPSA) is 12.5 Å². The van der Waals surface area contributed by atoms with Crippen LogP contribution < -0.4 is 0 Å². The van der Waals surface area contributed by atoms with Crippen LogP contribution in [0.2, 0.25) is 0 Å². The van der Waals surface area contributed by atoms with Gasteiger partial charge in [-0.2, -0.15) is 0 Å². The zero-order valence-electron chi connectivity index (χ0n) is 16.2. The Labute approximate surface area is 152 Å². The van der Waals surface area contributed by atoms with Gasteiger partial charge in [0.1, 0.15) is 0 Å². The van der Waals surface area contributed by atoms with Gasteiger partial charge in [-0.3, -0.25) is 0 Å². The predicted octanol–water partition coefficient (Wildman–Crippen LogP) is 7.55. The van der Waals surface area contributed by atoms with Crippen molar-refractivity contribution in [2.45, 2.75) is 118 Å². The van der Waals surface area contributed by atoms with Crippen molar-refractivity contribution in [2.24, 2.45) is 17.3 Å². The smallest absolute Gasteiger partial charge is 0.0844 e. The molecule has 0 bridgehead atoms. The summed E-state index contributed by atoms with van der Waals surface area (Å²) in [6.07, 6.45) is 16.3. The lowest BCUT2D eigenvalue weighted by Crippen LogP contribution is -2.22. The van der Waals surface area contributed by atoms with E-state index in [-0.39, 0.29) is 7.43 Å². The maximum Gasteiger partial charge on any atom is 0.0844 e. The number of hydrogen-bond acceptors (Lipinski definition) is 1. The maximum absolute atomic E-state index is 5.99. The zero-order chi connectivity index (χ0) is 16.9. The van der Waals surface area contributed by atoms with Crippen LogP contribution in [0.25, 0.3) is 0 Å². The largest absolute Gasteiger partial charge is 0.370 e. The van der Waals surface area contributed by atoms with Crippen LogP contribution >= 0.6 is 0 Å². The highest BCUT2D eigenvalue weighted by atomic mass is 16.6. The Morgan fingerprint density at radius 2 is 1.88 bits per heavy atom. The van der Waals surface area contributed by atoms with E-state index in [1.165, 1.54) is 76.2 Å². The van der Waals surface area contributed by atoms with Crippen LogP contribution in [-0.2, 0) is 4.74 Å². The fourth-order valence-electron chi connectivity index (χ4n) is 5.21. The predicted molar refractivity (Wildman–Crippen MR) is 107 cm³/mol. The maximum atomic E-state index is 5.99. The van der Waals surface area contributed by atoms with Gasteiger partial charge in [-0.15, -0.1) is 0 Å². The van der Waals surface area contributed by atoms with E-state index >= 15 is 0 Å². The molecular formula is C23H44O. The van der Waals surface area contributed by atoms with Crippen molar-refractivity contribution in [3.8, 4) is 0 Å². The molecule has 142 valence electrons. The lowest BCUT2D eigenvalue weighted by Gasteiger charge is -2.35.